The topological polar surface area (TPSA) is 96.7 Å². The number of nitrogens with zero attached hydrogens (tertiary/aromatic N) is 3. The predicted molar refractivity (Wildman–Crippen MR) is 113 cm³/mol. The fourth-order valence-electron chi connectivity index (χ4n) is 3.06. The Morgan fingerprint density at radius 1 is 1.07 bits per heavy atom. The second-order valence-electron chi connectivity index (χ2n) is 6.77. The Morgan fingerprint density at radius 2 is 1.86 bits per heavy atom. The molecule has 8 heteroatoms. The maximum atomic E-state index is 12.3. The number of H-pyrrole nitrogens is 1. The summed E-state index contributed by atoms with van der Waals surface area (Å²) in [5.74, 6) is 1.52. The number of aromatic amines is 1. The van der Waals surface area contributed by atoms with Gasteiger partial charge in [-0.25, -0.2) is 4.98 Å². The Morgan fingerprint density at radius 3 is 2.66 bits per heavy atom. The number of benzene rings is 2. The number of carbonyl (C=O) groups excluding carboxylic acids is 1. The van der Waals surface area contributed by atoms with Crippen molar-refractivity contribution in [3.63, 3.8) is 0 Å². The lowest BCUT2D eigenvalue weighted by Gasteiger charge is -2.10. The van der Waals surface area contributed by atoms with Gasteiger partial charge in [0, 0.05) is 18.5 Å². The van der Waals surface area contributed by atoms with E-state index in [0.717, 1.165) is 33.7 Å². The van der Waals surface area contributed by atoms with Gasteiger partial charge in [0.1, 0.15) is 5.82 Å². The molecule has 148 valence electrons. The minimum atomic E-state index is -0.102. The van der Waals surface area contributed by atoms with E-state index in [-0.39, 0.29) is 11.7 Å². The summed E-state index contributed by atoms with van der Waals surface area (Å²) in [7, 11) is 0. The van der Waals surface area contributed by atoms with Crippen LogP contribution in [0.5, 0.6) is 0 Å². The third-order valence-corrected chi connectivity index (χ3v) is 5.35. The van der Waals surface area contributed by atoms with Gasteiger partial charge in [-0.3, -0.25) is 4.79 Å². The first-order valence-electron chi connectivity index (χ1n) is 9.33. The van der Waals surface area contributed by atoms with Crippen LogP contribution in [-0.2, 0) is 17.6 Å². The number of fused-ring (bicyclic) bond motifs is 1. The van der Waals surface area contributed by atoms with Crippen molar-refractivity contribution in [3.8, 4) is 0 Å². The van der Waals surface area contributed by atoms with Crippen LogP contribution in [0.25, 0.3) is 11.0 Å². The number of anilines is 1. The molecular formula is C21H21N5O2S. The summed E-state index contributed by atoms with van der Waals surface area (Å²) in [4.78, 5) is 20.1. The highest BCUT2D eigenvalue weighted by atomic mass is 32.2. The van der Waals surface area contributed by atoms with Crippen LogP contribution < -0.4 is 5.32 Å². The van der Waals surface area contributed by atoms with Crippen molar-refractivity contribution in [2.24, 2.45) is 0 Å². The molecule has 0 aliphatic rings. The molecular weight excluding hydrogens is 386 g/mol. The summed E-state index contributed by atoms with van der Waals surface area (Å²) in [6.07, 6.45) is 1.26. The Hall–Kier alpha value is -3.13. The molecule has 7 nitrogen and oxygen atoms in total. The number of aromatic nitrogens is 4. The van der Waals surface area contributed by atoms with E-state index < -0.39 is 0 Å². The Labute approximate surface area is 172 Å². The summed E-state index contributed by atoms with van der Waals surface area (Å²) >= 11 is 1.23. The van der Waals surface area contributed by atoms with Crippen molar-refractivity contribution >= 4 is 34.4 Å². The van der Waals surface area contributed by atoms with E-state index in [1.807, 2.05) is 56.3 Å². The fourth-order valence-corrected chi connectivity index (χ4v) is 3.64. The highest BCUT2D eigenvalue weighted by molar-refractivity contribution is 7.99. The zero-order chi connectivity index (χ0) is 20.2. The standard InChI is InChI=1S/C21H21N5O2S/c1-13-6-5-7-14(2)20(13)24-18(27)12-29-21-26-25-19(28-21)11-10-17-22-15-8-3-4-9-16(15)23-17/h3-9H,10-12H2,1-2H3,(H,22,23)(H,24,27). The summed E-state index contributed by atoms with van der Waals surface area (Å²) in [6, 6.07) is 13.8. The smallest absolute Gasteiger partial charge is 0.277 e. The number of hydrogen-bond donors (Lipinski definition) is 2. The van der Waals surface area contributed by atoms with Gasteiger partial charge in [-0.05, 0) is 37.1 Å². The minimum Gasteiger partial charge on any atom is -0.416 e. The maximum absolute atomic E-state index is 12.3. The van der Waals surface area contributed by atoms with Gasteiger partial charge >= 0.3 is 0 Å². The van der Waals surface area contributed by atoms with Gasteiger partial charge in [0.05, 0.1) is 16.8 Å². The average Bonchev–Trinajstić information content (AvgIpc) is 3.34. The number of imidazole rings is 1. The SMILES string of the molecule is Cc1cccc(C)c1NC(=O)CSc1nnc(CCc2nc3ccccc3[nH]2)o1. The summed E-state index contributed by atoms with van der Waals surface area (Å²) in [6.45, 7) is 3.95. The quantitative estimate of drug-likeness (QED) is 0.448. The molecule has 2 N–H and O–H groups in total. The molecule has 0 atom stereocenters. The van der Waals surface area contributed by atoms with Gasteiger partial charge < -0.3 is 14.7 Å². The summed E-state index contributed by atoms with van der Waals surface area (Å²) < 4.78 is 5.65. The molecule has 0 saturated heterocycles. The monoisotopic (exact) mass is 407 g/mol. The number of thioether (sulfide) groups is 1. The molecule has 2 heterocycles. The van der Waals surface area contributed by atoms with Crippen molar-refractivity contribution in [3.05, 3.63) is 65.3 Å². The molecule has 1 amide bonds. The molecule has 0 aliphatic heterocycles. The van der Waals surface area contributed by atoms with Gasteiger partial charge in [-0.2, -0.15) is 0 Å². The lowest BCUT2D eigenvalue weighted by atomic mass is 10.1. The number of para-hydroxylation sites is 3. The van der Waals surface area contributed by atoms with Gasteiger partial charge in [0.25, 0.3) is 5.22 Å². The van der Waals surface area contributed by atoms with E-state index >= 15 is 0 Å². The van der Waals surface area contributed by atoms with Crippen molar-refractivity contribution in [1.29, 1.82) is 0 Å². The molecule has 0 unspecified atom stereocenters. The molecule has 0 bridgehead atoms. The van der Waals surface area contributed by atoms with Crippen LogP contribution in [0, 0.1) is 13.8 Å². The number of amides is 1. The zero-order valence-corrected chi connectivity index (χ0v) is 17.0. The summed E-state index contributed by atoms with van der Waals surface area (Å²) in [5.41, 5.74) is 4.89. The molecule has 0 aliphatic carbocycles. The van der Waals surface area contributed by atoms with Crippen molar-refractivity contribution in [1.82, 2.24) is 20.2 Å². The maximum Gasteiger partial charge on any atom is 0.277 e. The van der Waals surface area contributed by atoms with Gasteiger partial charge in [-0.1, -0.05) is 42.1 Å². The molecule has 0 saturated carbocycles. The number of aryl methyl sites for hydroxylation is 4. The van der Waals surface area contributed by atoms with E-state index in [2.05, 4.69) is 25.5 Å². The molecule has 0 fully saturated rings. The first-order chi connectivity index (χ1) is 14.1. The van der Waals surface area contributed by atoms with Crippen LogP contribution in [0.15, 0.2) is 52.1 Å². The second kappa shape index (κ2) is 8.48. The van der Waals surface area contributed by atoms with Crippen molar-refractivity contribution in [2.45, 2.75) is 31.9 Å². The second-order valence-corrected chi connectivity index (χ2v) is 7.69. The normalized spacial score (nSPS) is 11.1. The highest BCUT2D eigenvalue weighted by Crippen LogP contribution is 2.21. The minimum absolute atomic E-state index is 0.102. The van der Waals surface area contributed by atoms with Crippen LogP contribution in [0.3, 0.4) is 0 Å². The van der Waals surface area contributed by atoms with Gasteiger partial charge in [0.15, 0.2) is 0 Å². The lowest BCUT2D eigenvalue weighted by molar-refractivity contribution is -0.113. The van der Waals surface area contributed by atoms with E-state index in [1.54, 1.807) is 0 Å². The molecule has 2 aromatic carbocycles. The molecule has 0 spiro atoms. The number of hydrogen-bond acceptors (Lipinski definition) is 6. The first-order valence-corrected chi connectivity index (χ1v) is 10.3. The predicted octanol–water partition coefficient (Wildman–Crippen LogP) is 4.08. The van der Waals surface area contributed by atoms with Crippen molar-refractivity contribution in [2.75, 3.05) is 11.1 Å². The summed E-state index contributed by atoms with van der Waals surface area (Å²) in [5, 5.41) is 11.4. The molecule has 0 radical (unpaired) electrons. The van der Waals surface area contributed by atoms with Gasteiger partial charge in [0.2, 0.25) is 11.8 Å². The largest absolute Gasteiger partial charge is 0.416 e. The lowest BCUT2D eigenvalue weighted by Crippen LogP contribution is -2.15. The van der Waals surface area contributed by atoms with E-state index in [9.17, 15) is 4.79 Å². The Bertz CT molecular complexity index is 1100. The van der Waals surface area contributed by atoms with Crippen LogP contribution in [-0.4, -0.2) is 31.8 Å². The third-order valence-electron chi connectivity index (χ3n) is 4.53. The number of nitrogens with one attached hydrogen (secondary N) is 2. The molecule has 4 aromatic rings. The fraction of sp³-hybridized carbons (Fsp3) is 0.238. The molecule has 29 heavy (non-hydrogen) atoms. The van der Waals surface area contributed by atoms with E-state index in [4.69, 9.17) is 4.42 Å². The highest BCUT2D eigenvalue weighted by Gasteiger charge is 2.12. The zero-order valence-electron chi connectivity index (χ0n) is 16.2. The van der Waals surface area contributed by atoms with E-state index in [0.29, 0.717) is 24.0 Å². The average molecular weight is 407 g/mol. The van der Waals surface area contributed by atoms with Crippen LogP contribution >= 0.6 is 11.8 Å². The van der Waals surface area contributed by atoms with Crippen LogP contribution in [0.4, 0.5) is 5.69 Å². The number of rotatable bonds is 7. The Balaban J connectivity index is 1.29. The Kier molecular flexibility index (Phi) is 5.62. The molecule has 2 aromatic heterocycles. The number of carbonyl (C=O) groups is 1. The molecule has 4 rings (SSSR count). The first kappa shape index (κ1) is 19.2. The van der Waals surface area contributed by atoms with Crippen molar-refractivity contribution < 1.29 is 9.21 Å². The van der Waals surface area contributed by atoms with Crippen LogP contribution in [0.1, 0.15) is 22.8 Å². The van der Waals surface area contributed by atoms with Crippen LogP contribution in [0.2, 0.25) is 0 Å². The van der Waals surface area contributed by atoms with E-state index in [1.165, 1.54) is 11.8 Å². The van der Waals surface area contributed by atoms with Gasteiger partial charge in [-0.15, -0.1) is 10.2 Å². The third kappa shape index (κ3) is 4.65.